The highest BCUT2D eigenvalue weighted by molar-refractivity contribution is 8.00. The predicted octanol–water partition coefficient (Wildman–Crippen LogP) is 3.06. The van der Waals surface area contributed by atoms with E-state index in [1.165, 1.54) is 42.8 Å². The van der Waals surface area contributed by atoms with Gasteiger partial charge < -0.3 is 9.64 Å². The summed E-state index contributed by atoms with van der Waals surface area (Å²) in [6.45, 7) is 4.36. The van der Waals surface area contributed by atoms with Crippen LogP contribution in [0.3, 0.4) is 0 Å². The topological polar surface area (TPSA) is 12.5 Å². The van der Waals surface area contributed by atoms with E-state index >= 15 is 0 Å². The Kier molecular flexibility index (Phi) is 4.46. The molecule has 19 heavy (non-hydrogen) atoms. The molecule has 2 nitrogen and oxygen atoms in total. The third-order valence-electron chi connectivity index (χ3n) is 4.14. The van der Waals surface area contributed by atoms with Crippen molar-refractivity contribution in [3.8, 4) is 0 Å². The molecule has 2 aliphatic rings. The van der Waals surface area contributed by atoms with Gasteiger partial charge in [-0.3, -0.25) is 0 Å². The van der Waals surface area contributed by atoms with Gasteiger partial charge in [0.2, 0.25) is 0 Å². The molecule has 2 aliphatic heterocycles. The lowest BCUT2D eigenvalue weighted by atomic mass is 10.00. The highest BCUT2D eigenvalue weighted by atomic mass is 32.2. The zero-order valence-electron chi connectivity index (χ0n) is 11.7. The Balaban J connectivity index is 1.47. The SMILES string of the molecule is CN(CC1CCOCC1)CC1Cc2ccccc2S1. The molecule has 0 aromatic heterocycles. The number of rotatable bonds is 4. The minimum Gasteiger partial charge on any atom is -0.381 e. The fourth-order valence-corrected chi connectivity index (χ4v) is 4.56. The maximum absolute atomic E-state index is 5.43. The maximum Gasteiger partial charge on any atom is 0.0469 e. The molecule has 2 heterocycles. The zero-order valence-corrected chi connectivity index (χ0v) is 12.5. The fourth-order valence-electron chi connectivity index (χ4n) is 3.15. The van der Waals surface area contributed by atoms with Crippen LogP contribution in [0.1, 0.15) is 18.4 Å². The lowest BCUT2D eigenvalue weighted by Crippen LogP contribution is -2.33. The molecule has 3 heteroatoms. The van der Waals surface area contributed by atoms with Crippen molar-refractivity contribution in [3.63, 3.8) is 0 Å². The second-order valence-corrected chi connectivity index (χ2v) is 7.17. The minimum absolute atomic E-state index is 0.738. The largest absolute Gasteiger partial charge is 0.381 e. The average Bonchev–Trinajstić information content (AvgIpc) is 2.81. The summed E-state index contributed by atoms with van der Waals surface area (Å²) in [5.74, 6) is 0.840. The van der Waals surface area contributed by atoms with Gasteiger partial charge >= 0.3 is 0 Å². The van der Waals surface area contributed by atoms with Gasteiger partial charge in [-0.05, 0) is 43.9 Å². The van der Waals surface area contributed by atoms with Gasteiger partial charge in [-0.1, -0.05) is 18.2 Å². The first kappa shape index (κ1) is 13.5. The number of thioether (sulfide) groups is 1. The van der Waals surface area contributed by atoms with Gasteiger partial charge in [0, 0.05) is 36.4 Å². The van der Waals surface area contributed by atoms with Crippen molar-refractivity contribution in [3.05, 3.63) is 29.8 Å². The highest BCUT2D eigenvalue weighted by Crippen LogP contribution is 2.37. The summed E-state index contributed by atoms with van der Waals surface area (Å²) in [5, 5.41) is 0.738. The Morgan fingerprint density at radius 3 is 2.79 bits per heavy atom. The Morgan fingerprint density at radius 1 is 1.21 bits per heavy atom. The van der Waals surface area contributed by atoms with Crippen LogP contribution >= 0.6 is 11.8 Å². The van der Waals surface area contributed by atoms with Gasteiger partial charge in [-0.2, -0.15) is 0 Å². The number of nitrogens with zero attached hydrogens (tertiary/aromatic N) is 1. The Morgan fingerprint density at radius 2 is 2.00 bits per heavy atom. The van der Waals surface area contributed by atoms with Crippen LogP contribution in [0.15, 0.2) is 29.2 Å². The van der Waals surface area contributed by atoms with Crippen LogP contribution in [0.5, 0.6) is 0 Å². The van der Waals surface area contributed by atoms with Crippen molar-refractivity contribution >= 4 is 11.8 Å². The number of hydrogen-bond acceptors (Lipinski definition) is 3. The summed E-state index contributed by atoms with van der Waals surface area (Å²) in [6.07, 6.45) is 3.71. The summed E-state index contributed by atoms with van der Waals surface area (Å²) in [4.78, 5) is 4.02. The van der Waals surface area contributed by atoms with E-state index in [0.29, 0.717) is 0 Å². The molecular weight excluding hydrogens is 254 g/mol. The summed E-state index contributed by atoms with van der Waals surface area (Å²) in [5.41, 5.74) is 1.54. The van der Waals surface area contributed by atoms with Crippen molar-refractivity contribution < 1.29 is 4.74 Å². The molecule has 0 N–H and O–H groups in total. The van der Waals surface area contributed by atoms with E-state index in [2.05, 4.69) is 48.0 Å². The molecule has 3 rings (SSSR count). The number of hydrogen-bond donors (Lipinski definition) is 0. The van der Waals surface area contributed by atoms with E-state index in [-0.39, 0.29) is 0 Å². The van der Waals surface area contributed by atoms with E-state index in [1.54, 1.807) is 0 Å². The standard InChI is InChI=1S/C16H23NOS/c1-17(11-13-6-8-18-9-7-13)12-15-10-14-4-2-3-5-16(14)19-15/h2-5,13,15H,6-12H2,1H3. The third-order valence-corrected chi connectivity index (χ3v) is 5.44. The van der Waals surface area contributed by atoms with Gasteiger partial charge in [-0.25, -0.2) is 0 Å². The first-order valence-corrected chi connectivity index (χ1v) is 8.20. The molecule has 1 aromatic rings. The van der Waals surface area contributed by atoms with Crippen LogP contribution in [0.4, 0.5) is 0 Å². The average molecular weight is 277 g/mol. The highest BCUT2D eigenvalue weighted by Gasteiger charge is 2.24. The monoisotopic (exact) mass is 277 g/mol. The summed E-state index contributed by atoms with van der Waals surface area (Å²) >= 11 is 2.06. The molecule has 1 saturated heterocycles. The quantitative estimate of drug-likeness (QED) is 0.839. The molecule has 0 radical (unpaired) electrons. The first-order chi connectivity index (χ1) is 9.31. The molecule has 1 unspecified atom stereocenters. The Bertz CT molecular complexity index is 392. The van der Waals surface area contributed by atoms with Crippen molar-refractivity contribution in [1.82, 2.24) is 4.90 Å². The molecule has 104 valence electrons. The van der Waals surface area contributed by atoms with E-state index in [4.69, 9.17) is 4.74 Å². The van der Waals surface area contributed by atoms with E-state index in [0.717, 1.165) is 24.4 Å². The van der Waals surface area contributed by atoms with E-state index < -0.39 is 0 Å². The van der Waals surface area contributed by atoms with Crippen LogP contribution in [0.25, 0.3) is 0 Å². The molecule has 0 bridgehead atoms. The molecule has 1 aromatic carbocycles. The molecular formula is C16H23NOS. The van der Waals surface area contributed by atoms with Gasteiger partial charge in [0.25, 0.3) is 0 Å². The number of ether oxygens (including phenoxy) is 1. The number of fused-ring (bicyclic) bond motifs is 1. The molecule has 0 spiro atoms. The third kappa shape index (κ3) is 3.53. The normalized spacial score (nSPS) is 23.8. The summed E-state index contributed by atoms with van der Waals surface area (Å²) < 4.78 is 5.43. The van der Waals surface area contributed by atoms with Crippen molar-refractivity contribution in [2.75, 3.05) is 33.4 Å². The zero-order chi connectivity index (χ0) is 13.1. The van der Waals surface area contributed by atoms with E-state index in [1.807, 2.05) is 0 Å². The fraction of sp³-hybridized carbons (Fsp3) is 0.625. The van der Waals surface area contributed by atoms with Crippen LogP contribution in [-0.4, -0.2) is 43.5 Å². The van der Waals surface area contributed by atoms with Crippen molar-refractivity contribution in [2.24, 2.45) is 5.92 Å². The number of benzene rings is 1. The lowest BCUT2D eigenvalue weighted by molar-refractivity contribution is 0.0558. The second-order valence-electron chi connectivity index (χ2n) is 5.83. The van der Waals surface area contributed by atoms with Gasteiger partial charge in [0.1, 0.15) is 0 Å². The van der Waals surface area contributed by atoms with Crippen LogP contribution < -0.4 is 0 Å². The molecule has 1 atom stereocenters. The van der Waals surface area contributed by atoms with Crippen molar-refractivity contribution in [2.45, 2.75) is 29.4 Å². The first-order valence-electron chi connectivity index (χ1n) is 7.32. The van der Waals surface area contributed by atoms with Gasteiger partial charge in [-0.15, -0.1) is 11.8 Å². The second kappa shape index (κ2) is 6.29. The van der Waals surface area contributed by atoms with Crippen LogP contribution in [-0.2, 0) is 11.2 Å². The summed E-state index contributed by atoms with van der Waals surface area (Å²) in [7, 11) is 2.28. The molecule has 0 aliphatic carbocycles. The van der Waals surface area contributed by atoms with E-state index in [9.17, 15) is 0 Å². The minimum atomic E-state index is 0.738. The predicted molar refractivity (Wildman–Crippen MR) is 80.8 cm³/mol. The van der Waals surface area contributed by atoms with Crippen molar-refractivity contribution in [1.29, 1.82) is 0 Å². The molecule has 0 amide bonds. The van der Waals surface area contributed by atoms with Gasteiger partial charge in [0.15, 0.2) is 0 Å². The summed E-state index contributed by atoms with van der Waals surface area (Å²) in [6, 6.07) is 8.85. The Hall–Kier alpha value is -0.510. The Labute approximate surface area is 120 Å². The lowest BCUT2D eigenvalue weighted by Gasteiger charge is -2.28. The van der Waals surface area contributed by atoms with Crippen LogP contribution in [0.2, 0.25) is 0 Å². The smallest absolute Gasteiger partial charge is 0.0469 e. The van der Waals surface area contributed by atoms with Gasteiger partial charge in [0.05, 0.1) is 0 Å². The molecule has 1 fully saturated rings. The maximum atomic E-state index is 5.43. The molecule has 0 saturated carbocycles. The van der Waals surface area contributed by atoms with Crippen LogP contribution in [0, 0.1) is 5.92 Å².